The zero-order chi connectivity index (χ0) is 18.5. The van der Waals surface area contributed by atoms with Crippen LogP contribution in [-0.2, 0) is 0 Å². The maximum atomic E-state index is 12.8. The van der Waals surface area contributed by atoms with E-state index in [0.29, 0.717) is 29.4 Å². The van der Waals surface area contributed by atoms with Crippen molar-refractivity contribution in [2.45, 2.75) is 19.3 Å². The molecule has 3 heterocycles. The molecule has 1 fully saturated rings. The van der Waals surface area contributed by atoms with Crippen LogP contribution in [0.5, 0.6) is 17.2 Å². The Bertz CT molecular complexity index is 816. The number of hydrogen-bond acceptors (Lipinski definition) is 6. The third-order valence-electron chi connectivity index (χ3n) is 4.80. The minimum atomic E-state index is -0.102. The van der Waals surface area contributed by atoms with Crippen molar-refractivity contribution in [3.05, 3.63) is 46.2 Å². The predicted octanol–water partition coefficient (Wildman–Crippen LogP) is 4.66. The first-order chi connectivity index (χ1) is 13.3. The molecule has 2 aliphatic rings. The molecule has 1 aromatic carbocycles. The highest BCUT2D eigenvalue weighted by Crippen LogP contribution is 2.38. The Balaban J connectivity index is 0.00000225. The number of rotatable bonds is 7. The normalized spacial score (nSPS) is 16.1. The number of nitrogens with zero attached hydrogens (tertiary/aromatic N) is 1. The summed E-state index contributed by atoms with van der Waals surface area (Å²) in [5.74, 6) is 1.67. The lowest BCUT2D eigenvalue weighted by Gasteiger charge is -2.26. The van der Waals surface area contributed by atoms with E-state index in [1.54, 1.807) is 29.5 Å². The summed E-state index contributed by atoms with van der Waals surface area (Å²) in [6.07, 6.45) is 7.23. The van der Waals surface area contributed by atoms with Gasteiger partial charge in [-0.25, -0.2) is 0 Å². The number of likely N-dealkylation sites (tertiary alicyclic amines) is 1. The van der Waals surface area contributed by atoms with E-state index >= 15 is 0 Å². The van der Waals surface area contributed by atoms with Crippen LogP contribution in [0.25, 0.3) is 6.08 Å². The summed E-state index contributed by atoms with van der Waals surface area (Å²) < 4.78 is 16.9. The zero-order valence-electron chi connectivity index (χ0n) is 15.6. The Kier molecular flexibility index (Phi) is 7.36. The SMILES string of the molecule is Cl.O=C(/C=C/c1cccs1)c1cc2c(cc1OCCN1CCCCC1)OCO2. The van der Waals surface area contributed by atoms with Crippen molar-refractivity contribution < 1.29 is 19.0 Å². The first-order valence-electron chi connectivity index (χ1n) is 9.34. The summed E-state index contributed by atoms with van der Waals surface area (Å²) in [7, 11) is 0. The van der Waals surface area contributed by atoms with E-state index in [1.165, 1.54) is 19.3 Å². The Morgan fingerprint density at radius 2 is 1.96 bits per heavy atom. The fraction of sp³-hybridized carbons (Fsp3) is 0.381. The zero-order valence-corrected chi connectivity index (χ0v) is 17.2. The first kappa shape index (κ1) is 20.7. The van der Waals surface area contributed by atoms with Gasteiger partial charge in [0.25, 0.3) is 0 Å². The summed E-state index contributed by atoms with van der Waals surface area (Å²) in [5.41, 5.74) is 0.505. The minimum Gasteiger partial charge on any atom is -0.491 e. The summed E-state index contributed by atoms with van der Waals surface area (Å²) in [4.78, 5) is 16.2. The number of allylic oxidation sites excluding steroid dienone is 1. The van der Waals surface area contributed by atoms with Gasteiger partial charge in [-0.1, -0.05) is 12.5 Å². The molecule has 0 amide bonds. The summed E-state index contributed by atoms with van der Waals surface area (Å²) >= 11 is 1.59. The fourth-order valence-electron chi connectivity index (χ4n) is 3.34. The van der Waals surface area contributed by atoms with Gasteiger partial charge in [-0.15, -0.1) is 23.7 Å². The van der Waals surface area contributed by atoms with Gasteiger partial charge in [-0.05, 0) is 55.6 Å². The van der Waals surface area contributed by atoms with Gasteiger partial charge in [0.05, 0.1) is 5.56 Å². The Morgan fingerprint density at radius 3 is 2.71 bits per heavy atom. The molecular formula is C21H24ClNO4S. The van der Waals surface area contributed by atoms with Crippen molar-refractivity contribution in [3.63, 3.8) is 0 Å². The van der Waals surface area contributed by atoms with Crippen LogP contribution in [0.2, 0.25) is 0 Å². The molecule has 1 saturated heterocycles. The molecule has 0 unspecified atom stereocenters. The van der Waals surface area contributed by atoms with Crippen molar-refractivity contribution in [3.8, 4) is 17.2 Å². The van der Waals surface area contributed by atoms with Crippen molar-refractivity contribution in [2.24, 2.45) is 0 Å². The molecule has 0 radical (unpaired) electrons. The highest BCUT2D eigenvalue weighted by atomic mass is 35.5. The summed E-state index contributed by atoms with van der Waals surface area (Å²) in [6, 6.07) is 7.43. The summed E-state index contributed by atoms with van der Waals surface area (Å²) in [6.45, 7) is 3.84. The van der Waals surface area contributed by atoms with Crippen molar-refractivity contribution in [2.75, 3.05) is 33.0 Å². The van der Waals surface area contributed by atoms with Gasteiger partial charge in [0.15, 0.2) is 17.3 Å². The van der Waals surface area contributed by atoms with E-state index in [9.17, 15) is 4.79 Å². The van der Waals surface area contributed by atoms with Crippen LogP contribution in [0.15, 0.2) is 35.7 Å². The van der Waals surface area contributed by atoms with Crippen LogP contribution >= 0.6 is 23.7 Å². The van der Waals surface area contributed by atoms with Gasteiger partial charge in [-0.3, -0.25) is 9.69 Å². The second kappa shape index (κ2) is 9.96. The molecular weight excluding hydrogens is 398 g/mol. The molecule has 4 rings (SSSR count). The molecule has 5 nitrogen and oxygen atoms in total. The quantitative estimate of drug-likeness (QED) is 0.480. The average molecular weight is 422 g/mol. The highest BCUT2D eigenvalue weighted by molar-refractivity contribution is 7.10. The van der Waals surface area contributed by atoms with Gasteiger partial charge < -0.3 is 14.2 Å². The lowest BCUT2D eigenvalue weighted by Crippen LogP contribution is -2.33. The number of carbonyl (C=O) groups is 1. The maximum Gasteiger partial charge on any atom is 0.231 e. The lowest BCUT2D eigenvalue weighted by molar-refractivity contribution is 0.104. The molecule has 0 bridgehead atoms. The van der Waals surface area contributed by atoms with Crippen molar-refractivity contribution in [1.29, 1.82) is 0 Å². The average Bonchev–Trinajstić information content (AvgIpc) is 3.37. The summed E-state index contributed by atoms with van der Waals surface area (Å²) in [5, 5.41) is 1.99. The molecule has 2 aliphatic heterocycles. The second-order valence-electron chi connectivity index (χ2n) is 6.67. The number of fused-ring (bicyclic) bond motifs is 1. The van der Waals surface area contributed by atoms with Gasteiger partial charge in [-0.2, -0.15) is 0 Å². The molecule has 0 aliphatic carbocycles. The van der Waals surface area contributed by atoms with Gasteiger partial charge in [0.1, 0.15) is 12.4 Å². The molecule has 150 valence electrons. The standard InChI is InChI=1S/C21H23NO4S.ClH/c23-18(7-6-16-5-4-12-27-16)17-13-20-21(26-15-25-20)14-19(17)24-11-10-22-8-2-1-3-9-22;/h4-7,12-14H,1-3,8-11,15H2;1H/b7-6+;. The number of carbonyl (C=O) groups excluding carboxylic acids is 1. The van der Waals surface area contributed by atoms with E-state index in [4.69, 9.17) is 14.2 Å². The number of hydrogen-bond donors (Lipinski definition) is 0. The number of halogens is 1. The fourth-order valence-corrected chi connectivity index (χ4v) is 3.95. The number of ether oxygens (including phenoxy) is 3. The van der Waals surface area contributed by atoms with Crippen LogP contribution in [-0.4, -0.2) is 43.7 Å². The first-order valence-corrected chi connectivity index (χ1v) is 10.2. The Morgan fingerprint density at radius 1 is 1.18 bits per heavy atom. The maximum absolute atomic E-state index is 12.8. The van der Waals surface area contributed by atoms with Crippen LogP contribution in [0.3, 0.4) is 0 Å². The lowest BCUT2D eigenvalue weighted by atomic mass is 10.1. The molecule has 0 saturated carbocycles. The van der Waals surface area contributed by atoms with E-state index < -0.39 is 0 Å². The third-order valence-corrected chi connectivity index (χ3v) is 5.63. The topological polar surface area (TPSA) is 48.0 Å². The predicted molar refractivity (Wildman–Crippen MR) is 113 cm³/mol. The van der Waals surface area contributed by atoms with Gasteiger partial charge in [0.2, 0.25) is 6.79 Å². The van der Waals surface area contributed by atoms with Gasteiger partial charge >= 0.3 is 0 Å². The Hall–Kier alpha value is -2.02. The number of thiophene rings is 1. The van der Waals surface area contributed by atoms with Crippen LogP contribution < -0.4 is 14.2 Å². The molecule has 1 aromatic heterocycles. The van der Waals surface area contributed by atoms with E-state index in [2.05, 4.69) is 4.90 Å². The molecule has 0 spiro atoms. The molecule has 7 heteroatoms. The number of piperidine rings is 1. The smallest absolute Gasteiger partial charge is 0.231 e. The third kappa shape index (κ3) is 5.07. The Labute approximate surface area is 175 Å². The van der Waals surface area contributed by atoms with Crippen LogP contribution in [0.4, 0.5) is 0 Å². The van der Waals surface area contributed by atoms with Crippen LogP contribution in [0, 0.1) is 0 Å². The van der Waals surface area contributed by atoms with E-state index in [-0.39, 0.29) is 25.0 Å². The molecule has 0 N–H and O–H groups in total. The largest absolute Gasteiger partial charge is 0.491 e. The van der Waals surface area contributed by atoms with E-state index in [0.717, 1.165) is 24.5 Å². The monoisotopic (exact) mass is 421 g/mol. The number of benzene rings is 1. The van der Waals surface area contributed by atoms with Crippen LogP contribution in [0.1, 0.15) is 34.5 Å². The van der Waals surface area contributed by atoms with E-state index in [1.807, 2.05) is 23.6 Å². The number of ketones is 1. The molecule has 2 aromatic rings. The minimum absolute atomic E-state index is 0. The highest BCUT2D eigenvalue weighted by Gasteiger charge is 2.21. The van der Waals surface area contributed by atoms with Crippen molar-refractivity contribution >= 4 is 35.6 Å². The molecule has 0 atom stereocenters. The molecule has 28 heavy (non-hydrogen) atoms. The second-order valence-corrected chi connectivity index (χ2v) is 7.64. The van der Waals surface area contributed by atoms with Gasteiger partial charge in [0, 0.05) is 17.5 Å². The van der Waals surface area contributed by atoms with Crippen molar-refractivity contribution in [1.82, 2.24) is 4.90 Å².